The summed E-state index contributed by atoms with van der Waals surface area (Å²) in [4.78, 5) is 15.3. The SMILES string of the molecule is O=C(C=Cc1cnc(Nc2ccn(Cc3ccccc3)c2)c(Cl)c1)NO. The number of rotatable bonds is 6. The van der Waals surface area contributed by atoms with E-state index in [0.717, 1.165) is 12.2 Å². The number of hydrogen-bond acceptors (Lipinski definition) is 4. The third kappa shape index (κ3) is 4.72. The molecule has 0 unspecified atom stereocenters. The largest absolute Gasteiger partial charge is 0.348 e. The first-order valence-electron chi connectivity index (χ1n) is 7.88. The molecule has 0 bridgehead atoms. The Hall–Kier alpha value is -3.09. The zero-order chi connectivity index (χ0) is 18.4. The van der Waals surface area contributed by atoms with Crippen LogP contribution in [0.5, 0.6) is 0 Å². The minimum atomic E-state index is -0.622. The van der Waals surface area contributed by atoms with Gasteiger partial charge in [0.05, 0.1) is 10.7 Å². The van der Waals surface area contributed by atoms with Gasteiger partial charge in [0.15, 0.2) is 0 Å². The van der Waals surface area contributed by atoms with Crippen LogP contribution in [0.25, 0.3) is 6.08 Å². The third-order valence-corrected chi connectivity index (χ3v) is 3.91. The zero-order valence-corrected chi connectivity index (χ0v) is 14.5. The second-order valence-corrected chi connectivity index (χ2v) is 6.00. The van der Waals surface area contributed by atoms with Crippen molar-refractivity contribution in [2.24, 2.45) is 0 Å². The van der Waals surface area contributed by atoms with E-state index < -0.39 is 5.91 Å². The summed E-state index contributed by atoms with van der Waals surface area (Å²) in [6.07, 6.45) is 8.23. The molecular weight excluding hydrogens is 352 g/mol. The Morgan fingerprint density at radius 2 is 2.08 bits per heavy atom. The summed E-state index contributed by atoms with van der Waals surface area (Å²) >= 11 is 6.25. The number of halogens is 1. The molecule has 1 amide bonds. The molecule has 3 rings (SSSR count). The minimum Gasteiger partial charge on any atom is -0.348 e. The molecule has 0 saturated heterocycles. The van der Waals surface area contributed by atoms with E-state index in [1.54, 1.807) is 12.3 Å². The first-order chi connectivity index (χ1) is 12.6. The Kier molecular flexibility index (Phi) is 5.68. The number of pyridine rings is 1. The van der Waals surface area contributed by atoms with Gasteiger partial charge in [-0.25, -0.2) is 10.5 Å². The molecule has 0 aliphatic heterocycles. The standard InChI is InChI=1S/C19H17ClN4O2/c20-17-10-15(6-7-18(25)23-26)11-21-19(17)22-16-8-9-24(13-16)12-14-4-2-1-3-5-14/h1-11,13,26H,12H2,(H,21,22)(H,23,25). The number of nitrogens with one attached hydrogen (secondary N) is 2. The van der Waals surface area contributed by atoms with Crippen LogP contribution in [0.2, 0.25) is 5.02 Å². The van der Waals surface area contributed by atoms with Gasteiger partial charge < -0.3 is 9.88 Å². The van der Waals surface area contributed by atoms with Gasteiger partial charge in [-0.1, -0.05) is 41.9 Å². The van der Waals surface area contributed by atoms with Crippen LogP contribution in [0.3, 0.4) is 0 Å². The van der Waals surface area contributed by atoms with E-state index >= 15 is 0 Å². The Bertz CT molecular complexity index is 922. The maximum atomic E-state index is 11.0. The molecule has 0 radical (unpaired) electrons. The first kappa shape index (κ1) is 17.7. The summed E-state index contributed by atoms with van der Waals surface area (Å²) in [5.41, 5.74) is 4.25. The number of hydroxylamine groups is 1. The van der Waals surface area contributed by atoms with Gasteiger partial charge in [0.1, 0.15) is 5.82 Å². The number of carbonyl (C=O) groups excluding carboxylic acids is 1. The van der Waals surface area contributed by atoms with E-state index in [9.17, 15) is 4.79 Å². The van der Waals surface area contributed by atoms with Gasteiger partial charge in [-0.05, 0) is 29.3 Å². The number of anilines is 2. The van der Waals surface area contributed by atoms with Gasteiger partial charge in [0.25, 0.3) is 5.91 Å². The van der Waals surface area contributed by atoms with Gasteiger partial charge in [0.2, 0.25) is 0 Å². The number of nitrogens with zero attached hydrogens (tertiary/aromatic N) is 2. The lowest BCUT2D eigenvalue weighted by molar-refractivity contribution is -0.124. The van der Waals surface area contributed by atoms with Gasteiger partial charge in [-0.15, -0.1) is 0 Å². The number of amides is 1. The van der Waals surface area contributed by atoms with E-state index in [2.05, 4.69) is 27.0 Å². The Morgan fingerprint density at radius 1 is 1.27 bits per heavy atom. The summed E-state index contributed by atoms with van der Waals surface area (Å²) in [6, 6.07) is 13.8. The van der Waals surface area contributed by atoms with Crippen LogP contribution in [0, 0.1) is 0 Å². The zero-order valence-electron chi connectivity index (χ0n) is 13.8. The molecule has 3 N–H and O–H groups in total. The highest BCUT2D eigenvalue weighted by atomic mass is 35.5. The number of hydrogen-bond donors (Lipinski definition) is 3. The van der Waals surface area contributed by atoms with Gasteiger partial charge >= 0.3 is 0 Å². The number of benzene rings is 1. The maximum Gasteiger partial charge on any atom is 0.267 e. The van der Waals surface area contributed by atoms with Crippen molar-refractivity contribution in [3.63, 3.8) is 0 Å². The van der Waals surface area contributed by atoms with Crippen LogP contribution in [0.1, 0.15) is 11.1 Å². The molecule has 0 aliphatic carbocycles. The van der Waals surface area contributed by atoms with Crippen LogP contribution >= 0.6 is 11.6 Å². The molecule has 1 aromatic carbocycles. The van der Waals surface area contributed by atoms with E-state index in [-0.39, 0.29) is 0 Å². The lowest BCUT2D eigenvalue weighted by Crippen LogP contribution is -2.14. The van der Waals surface area contributed by atoms with Crippen molar-refractivity contribution < 1.29 is 10.0 Å². The highest BCUT2D eigenvalue weighted by Crippen LogP contribution is 2.24. The van der Waals surface area contributed by atoms with Crippen molar-refractivity contribution in [3.05, 3.63) is 83.3 Å². The van der Waals surface area contributed by atoms with Crippen LogP contribution in [0.15, 0.2) is 67.1 Å². The summed E-state index contributed by atoms with van der Waals surface area (Å²) < 4.78 is 2.07. The topological polar surface area (TPSA) is 79.2 Å². The lowest BCUT2D eigenvalue weighted by Gasteiger charge is -2.06. The predicted octanol–water partition coefficient (Wildman–Crippen LogP) is 3.85. The smallest absolute Gasteiger partial charge is 0.267 e. The molecule has 3 aromatic rings. The second kappa shape index (κ2) is 8.33. The summed E-state index contributed by atoms with van der Waals surface area (Å²) in [7, 11) is 0. The molecule has 26 heavy (non-hydrogen) atoms. The van der Waals surface area contributed by atoms with Crippen LogP contribution in [-0.4, -0.2) is 20.7 Å². The molecule has 6 nitrogen and oxygen atoms in total. The van der Waals surface area contributed by atoms with E-state index in [4.69, 9.17) is 16.8 Å². The predicted molar refractivity (Wildman–Crippen MR) is 101 cm³/mol. The fourth-order valence-corrected chi connectivity index (χ4v) is 2.61. The molecule has 7 heteroatoms. The molecule has 0 atom stereocenters. The van der Waals surface area contributed by atoms with E-state index in [0.29, 0.717) is 16.4 Å². The second-order valence-electron chi connectivity index (χ2n) is 5.59. The van der Waals surface area contributed by atoms with Gasteiger partial charge in [-0.2, -0.15) is 0 Å². The van der Waals surface area contributed by atoms with E-state index in [1.807, 2.05) is 36.7 Å². The van der Waals surface area contributed by atoms with Gasteiger partial charge in [-0.3, -0.25) is 10.0 Å². The van der Waals surface area contributed by atoms with Crippen molar-refractivity contribution in [1.82, 2.24) is 15.0 Å². The summed E-state index contributed by atoms with van der Waals surface area (Å²) in [5.74, 6) is -0.101. The van der Waals surface area contributed by atoms with Crippen LogP contribution in [0.4, 0.5) is 11.5 Å². The van der Waals surface area contributed by atoms with E-state index in [1.165, 1.54) is 23.2 Å². The number of carbonyl (C=O) groups is 1. The van der Waals surface area contributed by atoms with Crippen molar-refractivity contribution in [2.45, 2.75) is 6.54 Å². The third-order valence-electron chi connectivity index (χ3n) is 3.62. The molecule has 0 saturated carbocycles. The van der Waals surface area contributed by atoms with Crippen molar-refractivity contribution in [3.8, 4) is 0 Å². The van der Waals surface area contributed by atoms with Gasteiger partial charge in [0, 0.05) is 31.2 Å². The molecule has 2 aromatic heterocycles. The molecule has 0 fully saturated rings. The average Bonchev–Trinajstić information content (AvgIpc) is 3.09. The molecular formula is C19H17ClN4O2. The van der Waals surface area contributed by atoms with Crippen molar-refractivity contribution in [1.29, 1.82) is 0 Å². The molecule has 132 valence electrons. The molecule has 2 heterocycles. The maximum absolute atomic E-state index is 11.0. The Balaban J connectivity index is 1.67. The normalized spacial score (nSPS) is 10.8. The molecule has 0 aliphatic rings. The van der Waals surface area contributed by atoms with Crippen LogP contribution < -0.4 is 10.8 Å². The summed E-state index contributed by atoms with van der Waals surface area (Å²) in [5, 5.41) is 12.1. The lowest BCUT2D eigenvalue weighted by atomic mass is 10.2. The monoisotopic (exact) mass is 368 g/mol. The van der Waals surface area contributed by atoms with Crippen molar-refractivity contribution >= 4 is 35.1 Å². The fraction of sp³-hybridized carbons (Fsp3) is 0.0526. The number of aromatic nitrogens is 2. The minimum absolute atomic E-state index is 0.423. The fourth-order valence-electron chi connectivity index (χ4n) is 2.39. The summed E-state index contributed by atoms with van der Waals surface area (Å²) in [6.45, 7) is 0.778. The Morgan fingerprint density at radius 3 is 2.81 bits per heavy atom. The average molecular weight is 369 g/mol. The first-order valence-corrected chi connectivity index (χ1v) is 8.26. The van der Waals surface area contributed by atoms with Crippen molar-refractivity contribution in [2.75, 3.05) is 5.32 Å². The Labute approximate surface area is 155 Å². The highest BCUT2D eigenvalue weighted by Gasteiger charge is 2.05. The molecule has 0 spiro atoms. The quantitative estimate of drug-likeness (QED) is 0.351. The van der Waals surface area contributed by atoms with Crippen LogP contribution in [-0.2, 0) is 11.3 Å². The highest BCUT2D eigenvalue weighted by molar-refractivity contribution is 6.33.